The lowest BCUT2D eigenvalue weighted by molar-refractivity contribution is -0.394. The maximum absolute atomic E-state index is 12.0. The fraction of sp³-hybridized carbons (Fsp3) is 0. The van der Waals surface area contributed by atoms with Crippen LogP contribution in [-0.4, -0.2) is 26.8 Å². The Morgan fingerprint density at radius 3 is 1.92 bits per heavy atom. The highest BCUT2D eigenvalue weighted by molar-refractivity contribution is 6.00. The van der Waals surface area contributed by atoms with E-state index < -0.39 is 38.6 Å². The fourth-order valence-electron chi connectivity index (χ4n) is 1.86. The van der Waals surface area contributed by atoms with Gasteiger partial charge >= 0.3 is 0 Å². The van der Waals surface area contributed by atoms with Gasteiger partial charge in [0.1, 0.15) is 5.75 Å². The molecule has 25 heavy (non-hydrogen) atoms. The molecule has 2 rings (SSSR count). The Morgan fingerprint density at radius 2 is 1.40 bits per heavy atom. The van der Waals surface area contributed by atoms with Gasteiger partial charge in [-0.2, -0.15) is 0 Å². The van der Waals surface area contributed by atoms with Crippen molar-refractivity contribution in [2.45, 2.75) is 0 Å². The monoisotopic (exact) mass is 346 g/mol. The lowest BCUT2D eigenvalue weighted by Crippen LogP contribution is -2.41. The quantitative estimate of drug-likeness (QED) is 0.554. The van der Waals surface area contributed by atoms with Crippen LogP contribution in [-0.2, 0) is 0 Å². The fourth-order valence-corrected chi connectivity index (χ4v) is 1.86. The number of nitro groups is 2. The number of carbonyl (C=O) groups is 2. The SMILES string of the molecule is O=C(NNC(=O)c1ccccc1O)c1cc([N+](=O)[O-])cc([N+](=O)[O-])c1. The lowest BCUT2D eigenvalue weighted by Gasteiger charge is -2.08. The molecule has 0 radical (unpaired) electrons. The average Bonchev–Trinajstić information content (AvgIpc) is 2.59. The van der Waals surface area contributed by atoms with E-state index >= 15 is 0 Å². The first-order valence-corrected chi connectivity index (χ1v) is 6.62. The summed E-state index contributed by atoms with van der Waals surface area (Å²) in [4.78, 5) is 43.6. The van der Waals surface area contributed by atoms with E-state index in [2.05, 4.69) is 0 Å². The van der Waals surface area contributed by atoms with Crippen molar-refractivity contribution >= 4 is 23.2 Å². The van der Waals surface area contributed by atoms with Crippen LogP contribution in [0.4, 0.5) is 11.4 Å². The number of aromatic hydroxyl groups is 1. The van der Waals surface area contributed by atoms with Crippen LogP contribution in [0, 0.1) is 20.2 Å². The van der Waals surface area contributed by atoms with Crippen LogP contribution in [0.1, 0.15) is 20.7 Å². The lowest BCUT2D eigenvalue weighted by atomic mass is 10.1. The third-order valence-electron chi connectivity index (χ3n) is 3.02. The number of rotatable bonds is 4. The summed E-state index contributed by atoms with van der Waals surface area (Å²) in [6, 6.07) is 7.91. The Hall–Kier alpha value is -4.02. The van der Waals surface area contributed by atoms with E-state index in [-0.39, 0.29) is 11.3 Å². The highest BCUT2D eigenvalue weighted by Gasteiger charge is 2.20. The molecule has 0 heterocycles. The summed E-state index contributed by atoms with van der Waals surface area (Å²) >= 11 is 0. The molecule has 0 unspecified atom stereocenters. The Bertz CT molecular complexity index is 849. The molecule has 2 amide bonds. The van der Waals surface area contributed by atoms with Crippen molar-refractivity contribution in [2.75, 3.05) is 0 Å². The summed E-state index contributed by atoms with van der Waals surface area (Å²) < 4.78 is 0. The summed E-state index contributed by atoms with van der Waals surface area (Å²) in [6.07, 6.45) is 0. The largest absolute Gasteiger partial charge is 0.507 e. The first kappa shape index (κ1) is 17.3. The molecule has 2 aromatic rings. The van der Waals surface area contributed by atoms with Crippen molar-refractivity contribution in [3.8, 4) is 5.75 Å². The second-order valence-electron chi connectivity index (χ2n) is 4.68. The van der Waals surface area contributed by atoms with E-state index in [1.54, 1.807) is 0 Å². The summed E-state index contributed by atoms with van der Waals surface area (Å²) in [5, 5.41) is 31.1. The summed E-state index contributed by atoms with van der Waals surface area (Å²) in [5.74, 6) is -2.16. The number of hydrogen-bond donors (Lipinski definition) is 3. The van der Waals surface area contributed by atoms with Crippen molar-refractivity contribution in [3.05, 3.63) is 73.8 Å². The van der Waals surface area contributed by atoms with Crippen molar-refractivity contribution in [2.24, 2.45) is 0 Å². The second kappa shape index (κ2) is 7.04. The third-order valence-corrected chi connectivity index (χ3v) is 3.02. The molecule has 3 N–H and O–H groups in total. The second-order valence-corrected chi connectivity index (χ2v) is 4.68. The molecule has 11 nitrogen and oxygen atoms in total. The Balaban J connectivity index is 2.18. The van der Waals surface area contributed by atoms with E-state index in [4.69, 9.17) is 0 Å². The number of amides is 2. The predicted octanol–water partition coefficient (Wildman–Crippen LogP) is 1.28. The molecule has 0 aliphatic rings. The number of carbonyl (C=O) groups excluding carboxylic acids is 2. The standard InChI is InChI=1S/C14H10N4O7/c19-12-4-2-1-3-11(12)14(21)16-15-13(20)8-5-9(17(22)23)7-10(6-8)18(24)25/h1-7,19H,(H,15,20)(H,16,21). The Morgan fingerprint density at radius 1 is 0.880 bits per heavy atom. The number of benzene rings is 2. The van der Waals surface area contributed by atoms with Gasteiger partial charge in [-0.25, -0.2) is 0 Å². The van der Waals surface area contributed by atoms with Crippen molar-refractivity contribution < 1.29 is 24.5 Å². The minimum absolute atomic E-state index is 0.118. The highest BCUT2D eigenvalue weighted by atomic mass is 16.6. The number of para-hydroxylation sites is 1. The van der Waals surface area contributed by atoms with Gasteiger partial charge in [-0.1, -0.05) is 12.1 Å². The molecule has 2 aromatic carbocycles. The van der Waals surface area contributed by atoms with Gasteiger partial charge in [0.25, 0.3) is 23.2 Å². The van der Waals surface area contributed by atoms with Crippen LogP contribution >= 0.6 is 0 Å². The number of nitrogens with one attached hydrogen (secondary N) is 2. The minimum atomic E-state index is -1.00. The molecule has 0 saturated heterocycles. The smallest absolute Gasteiger partial charge is 0.277 e. The number of non-ortho nitro benzene ring substituents is 2. The zero-order valence-corrected chi connectivity index (χ0v) is 12.3. The van der Waals surface area contributed by atoms with Gasteiger partial charge < -0.3 is 5.11 Å². The summed E-state index contributed by atoms with van der Waals surface area (Å²) in [7, 11) is 0. The molecule has 128 valence electrons. The van der Waals surface area contributed by atoms with Crippen LogP contribution in [0.25, 0.3) is 0 Å². The molecule has 0 aliphatic carbocycles. The van der Waals surface area contributed by atoms with E-state index in [1.165, 1.54) is 24.3 Å². The molecule has 0 atom stereocenters. The summed E-state index contributed by atoms with van der Waals surface area (Å²) in [6.45, 7) is 0. The maximum atomic E-state index is 12.0. The van der Waals surface area contributed by atoms with Gasteiger partial charge in [0.05, 0.1) is 27.0 Å². The van der Waals surface area contributed by atoms with Crippen LogP contribution in [0.3, 0.4) is 0 Å². The Labute approximate surface area is 139 Å². The molecule has 0 aliphatic heterocycles. The maximum Gasteiger partial charge on any atom is 0.277 e. The van der Waals surface area contributed by atoms with Crippen molar-refractivity contribution in [1.82, 2.24) is 10.9 Å². The van der Waals surface area contributed by atoms with E-state index in [9.17, 15) is 34.9 Å². The van der Waals surface area contributed by atoms with Gasteiger partial charge in [-0.15, -0.1) is 0 Å². The molecular weight excluding hydrogens is 336 g/mol. The normalized spacial score (nSPS) is 9.92. The van der Waals surface area contributed by atoms with Gasteiger partial charge in [0, 0.05) is 12.1 Å². The zero-order valence-electron chi connectivity index (χ0n) is 12.3. The van der Waals surface area contributed by atoms with Gasteiger partial charge in [0.15, 0.2) is 0 Å². The number of nitrogens with zero attached hydrogens (tertiary/aromatic N) is 2. The molecule has 0 spiro atoms. The first-order chi connectivity index (χ1) is 11.8. The number of phenolic OH excluding ortho intramolecular Hbond substituents is 1. The van der Waals surface area contributed by atoms with E-state index in [0.29, 0.717) is 6.07 Å². The van der Waals surface area contributed by atoms with Crippen molar-refractivity contribution in [3.63, 3.8) is 0 Å². The predicted molar refractivity (Wildman–Crippen MR) is 82.8 cm³/mol. The highest BCUT2D eigenvalue weighted by Crippen LogP contribution is 2.22. The van der Waals surface area contributed by atoms with E-state index in [1.807, 2.05) is 10.9 Å². The Kier molecular flexibility index (Phi) is 4.88. The van der Waals surface area contributed by atoms with Gasteiger partial charge in [-0.05, 0) is 12.1 Å². The zero-order chi connectivity index (χ0) is 18.6. The van der Waals surface area contributed by atoms with Crippen LogP contribution in [0.5, 0.6) is 5.75 Å². The molecule has 0 bridgehead atoms. The third kappa shape index (κ3) is 4.04. The van der Waals surface area contributed by atoms with Gasteiger partial charge in [-0.3, -0.25) is 40.7 Å². The van der Waals surface area contributed by atoms with Crippen LogP contribution in [0.2, 0.25) is 0 Å². The van der Waals surface area contributed by atoms with Crippen molar-refractivity contribution in [1.29, 1.82) is 0 Å². The minimum Gasteiger partial charge on any atom is -0.507 e. The number of nitro benzene ring substituents is 2. The van der Waals surface area contributed by atoms with Gasteiger partial charge in [0.2, 0.25) is 0 Å². The molecule has 0 fully saturated rings. The number of phenols is 1. The molecular formula is C14H10N4O7. The molecule has 0 aromatic heterocycles. The number of hydrazine groups is 1. The summed E-state index contributed by atoms with van der Waals surface area (Å²) in [5.41, 5.74) is 2.16. The van der Waals surface area contributed by atoms with Crippen LogP contribution < -0.4 is 10.9 Å². The molecule has 0 saturated carbocycles. The topological polar surface area (TPSA) is 165 Å². The molecule has 11 heteroatoms. The van der Waals surface area contributed by atoms with E-state index in [0.717, 1.165) is 12.1 Å². The van der Waals surface area contributed by atoms with Crippen LogP contribution in [0.15, 0.2) is 42.5 Å². The first-order valence-electron chi connectivity index (χ1n) is 6.62. The number of hydrogen-bond acceptors (Lipinski definition) is 7. The average molecular weight is 346 g/mol.